The number of methoxy groups -OCH3 is 1. The Balaban J connectivity index is 2.05. The van der Waals surface area contributed by atoms with Crippen molar-refractivity contribution in [2.45, 2.75) is 18.9 Å². The predicted octanol–water partition coefficient (Wildman–Crippen LogP) is -0.140. The Hall–Kier alpha value is -0.650. The van der Waals surface area contributed by atoms with Gasteiger partial charge in [0.25, 0.3) is 0 Å². The van der Waals surface area contributed by atoms with Crippen molar-refractivity contribution < 1.29 is 14.3 Å². The molecule has 0 aliphatic carbocycles. The quantitative estimate of drug-likeness (QED) is 0.645. The molecular formula is C11H22N2O3. The van der Waals surface area contributed by atoms with E-state index in [2.05, 4.69) is 17.3 Å². The highest BCUT2D eigenvalue weighted by atomic mass is 16.5. The third kappa shape index (κ3) is 5.44. The van der Waals surface area contributed by atoms with E-state index in [0.29, 0.717) is 19.3 Å². The van der Waals surface area contributed by atoms with Crippen molar-refractivity contribution in [1.82, 2.24) is 10.2 Å². The molecule has 5 heteroatoms. The van der Waals surface area contributed by atoms with Gasteiger partial charge in [-0.1, -0.05) is 0 Å². The minimum absolute atomic E-state index is 0.0225. The van der Waals surface area contributed by atoms with Crippen LogP contribution in [0.15, 0.2) is 0 Å². The van der Waals surface area contributed by atoms with Gasteiger partial charge in [-0.15, -0.1) is 0 Å². The molecule has 0 radical (unpaired) electrons. The molecule has 1 N–H and O–H groups in total. The molecule has 1 amide bonds. The van der Waals surface area contributed by atoms with Gasteiger partial charge in [-0.05, 0) is 33.0 Å². The number of carbonyl (C=O) groups is 1. The van der Waals surface area contributed by atoms with Crippen LogP contribution < -0.4 is 5.32 Å². The van der Waals surface area contributed by atoms with Gasteiger partial charge in [-0.3, -0.25) is 4.79 Å². The lowest BCUT2D eigenvalue weighted by Crippen LogP contribution is -2.44. The smallest absolute Gasteiger partial charge is 0.246 e. The van der Waals surface area contributed by atoms with E-state index in [1.807, 2.05) is 0 Å². The second kappa shape index (κ2) is 7.60. The summed E-state index contributed by atoms with van der Waals surface area (Å²) in [6.07, 6.45) is 2.06. The van der Waals surface area contributed by atoms with E-state index in [-0.39, 0.29) is 12.5 Å². The first kappa shape index (κ1) is 13.4. The van der Waals surface area contributed by atoms with Crippen LogP contribution in [0.5, 0.6) is 0 Å². The number of nitrogens with zero attached hydrogens (tertiary/aromatic N) is 1. The minimum atomic E-state index is -0.0225. The van der Waals surface area contributed by atoms with Crippen LogP contribution in [0.2, 0.25) is 0 Å². The molecule has 0 spiro atoms. The summed E-state index contributed by atoms with van der Waals surface area (Å²) in [5.41, 5.74) is 0. The zero-order chi connectivity index (χ0) is 11.8. The second-order valence-electron chi connectivity index (χ2n) is 4.19. The molecule has 5 nitrogen and oxygen atoms in total. The Morgan fingerprint density at radius 3 is 2.69 bits per heavy atom. The van der Waals surface area contributed by atoms with Crippen LogP contribution >= 0.6 is 0 Å². The highest BCUT2D eigenvalue weighted by Gasteiger charge is 2.17. The molecular weight excluding hydrogens is 208 g/mol. The minimum Gasteiger partial charge on any atom is -0.382 e. The molecule has 1 heterocycles. The zero-order valence-corrected chi connectivity index (χ0v) is 10.2. The Morgan fingerprint density at radius 2 is 2.06 bits per heavy atom. The van der Waals surface area contributed by atoms with E-state index in [0.717, 1.165) is 25.9 Å². The summed E-state index contributed by atoms with van der Waals surface area (Å²) in [6, 6.07) is 0.315. The summed E-state index contributed by atoms with van der Waals surface area (Å²) in [5.74, 6) is -0.0225. The first-order valence-electron chi connectivity index (χ1n) is 5.77. The molecule has 0 aromatic heterocycles. The van der Waals surface area contributed by atoms with Crippen molar-refractivity contribution >= 4 is 5.91 Å². The lowest BCUT2D eigenvalue weighted by atomic mass is 10.1. The lowest BCUT2D eigenvalue weighted by Gasteiger charge is -2.29. The predicted molar refractivity (Wildman–Crippen MR) is 61.4 cm³/mol. The molecule has 0 aromatic rings. The molecule has 0 unspecified atom stereocenters. The molecule has 1 aliphatic rings. The number of piperidine rings is 1. The molecule has 1 saturated heterocycles. The molecule has 1 rings (SSSR count). The number of rotatable bonds is 6. The van der Waals surface area contributed by atoms with Gasteiger partial charge >= 0.3 is 0 Å². The second-order valence-corrected chi connectivity index (χ2v) is 4.19. The van der Waals surface area contributed by atoms with E-state index < -0.39 is 0 Å². The average Bonchev–Trinajstić information content (AvgIpc) is 2.28. The maximum atomic E-state index is 11.5. The molecule has 94 valence electrons. The third-order valence-corrected chi connectivity index (χ3v) is 2.75. The largest absolute Gasteiger partial charge is 0.382 e. The van der Waals surface area contributed by atoms with Crippen molar-refractivity contribution in [2.75, 3.05) is 47.1 Å². The molecule has 0 aromatic carbocycles. The van der Waals surface area contributed by atoms with E-state index in [1.165, 1.54) is 0 Å². The number of hydrogen-bond donors (Lipinski definition) is 1. The van der Waals surface area contributed by atoms with Crippen molar-refractivity contribution in [3.05, 3.63) is 0 Å². The van der Waals surface area contributed by atoms with Crippen LogP contribution in [0.4, 0.5) is 0 Å². The van der Waals surface area contributed by atoms with Crippen LogP contribution in [0.1, 0.15) is 12.8 Å². The van der Waals surface area contributed by atoms with Gasteiger partial charge < -0.3 is 19.7 Å². The van der Waals surface area contributed by atoms with Crippen LogP contribution in [0, 0.1) is 0 Å². The highest BCUT2D eigenvalue weighted by Crippen LogP contribution is 2.07. The zero-order valence-electron chi connectivity index (χ0n) is 10.2. The number of hydrogen-bond acceptors (Lipinski definition) is 4. The molecule has 1 aliphatic heterocycles. The van der Waals surface area contributed by atoms with E-state index in [4.69, 9.17) is 9.47 Å². The monoisotopic (exact) mass is 230 g/mol. The number of likely N-dealkylation sites (tertiary alicyclic amines) is 1. The van der Waals surface area contributed by atoms with Gasteiger partial charge in [0.15, 0.2) is 0 Å². The highest BCUT2D eigenvalue weighted by molar-refractivity contribution is 5.77. The molecule has 1 fully saturated rings. The standard InChI is InChI=1S/C11H22N2O3/c1-13-5-3-10(4-6-13)12-11(14)9-16-8-7-15-2/h10H,3-9H2,1-2H3,(H,12,14). The Labute approximate surface area is 97.1 Å². The summed E-state index contributed by atoms with van der Waals surface area (Å²) >= 11 is 0. The van der Waals surface area contributed by atoms with E-state index in [1.54, 1.807) is 7.11 Å². The normalized spacial score (nSPS) is 18.6. The van der Waals surface area contributed by atoms with Crippen LogP contribution in [0.25, 0.3) is 0 Å². The fraction of sp³-hybridized carbons (Fsp3) is 0.909. The molecule has 0 bridgehead atoms. The van der Waals surface area contributed by atoms with E-state index in [9.17, 15) is 4.79 Å². The molecule has 0 atom stereocenters. The summed E-state index contributed by atoms with van der Waals surface area (Å²) in [5, 5.41) is 2.98. The summed E-state index contributed by atoms with van der Waals surface area (Å²) < 4.78 is 9.97. The van der Waals surface area contributed by atoms with Crippen molar-refractivity contribution in [3.8, 4) is 0 Å². The number of ether oxygens (including phenoxy) is 2. The first-order chi connectivity index (χ1) is 7.72. The Bertz CT molecular complexity index is 203. The summed E-state index contributed by atoms with van der Waals surface area (Å²) in [4.78, 5) is 13.7. The van der Waals surface area contributed by atoms with Crippen molar-refractivity contribution in [3.63, 3.8) is 0 Å². The Kier molecular flexibility index (Phi) is 6.37. The molecule has 0 saturated carbocycles. The maximum Gasteiger partial charge on any atom is 0.246 e. The van der Waals surface area contributed by atoms with Crippen LogP contribution in [-0.4, -0.2) is 63.9 Å². The summed E-state index contributed by atoms with van der Waals surface area (Å²) in [6.45, 7) is 3.24. The summed E-state index contributed by atoms with van der Waals surface area (Å²) in [7, 11) is 3.72. The van der Waals surface area contributed by atoms with Gasteiger partial charge in [0.05, 0.1) is 13.2 Å². The Morgan fingerprint density at radius 1 is 1.38 bits per heavy atom. The lowest BCUT2D eigenvalue weighted by molar-refractivity contribution is -0.127. The van der Waals surface area contributed by atoms with Crippen LogP contribution in [-0.2, 0) is 14.3 Å². The van der Waals surface area contributed by atoms with Gasteiger partial charge in [-0.2, -0.15) is 0 Å². The average molecular weight is 230 g/mol. The van der Waals surface area contributed by atoms with E-state index >= 15 is 0 Å². The number of amides is 1. The number of carbonyl (C=O) groups excluding carboxylic acids is 1. The third-order valence-electron chi connectivity index (χ3n) is 2.75. The number of nitrogens with one attached hydrogen (secondary N) is 1. The van der Waals surface area contributed by atoms with Crippen molar-refractivity contribution in [1.29, 1.82) is 0 Å². The van der Waals surface area contributed by atoms with Gasteiger partial charge in [0, 0.05) is 13.2 Å². The van der Waals surface area contributed by atoms with Crippen LogP contribution in [0.3, 0.4) is 0 Å². The topological polar surface area (TPSA) is 50.8 Å². The van der Waals surface area contributed by atoms with Crippen molar-refractivity contribution in [2.24, 2.45) is 0 Å². The van der Waals surface area contributed by atoms with Gasteiger partial charge in [0.2, 0.25) is 5.91 Å². The fourth-order valence-electron chi connectivity index (χ4n) is 1.73. The maximum absolute atomic E-state index is 11.5. The van der Waals surface area contributed by atoms with Gasteiger partial charge in [-0.25, -0.2) is 0 Å². The molecule has 16 heavy (non-hydrogen) atoms. The fourth-order valence-corrected chi connectivity index (χ4v) is 1.73. The van der Waals surface area contributed by atoms with Gasteiger partial charge in [0.1, 0.15) is 6.61 Å². The SMILES string of the molecule is COCCOCC(=O)NC1CCN(C)CC1. The first-order valence-corrected chi connectivity index (χ1v) is 5.77.